The van der Waals surface area contributed by atoms with E-state index in [9.17, 15) is 4.79 Å². The zero-order valence-corrected chi connectivity index (χ0v) is 14.2. The van der Waals surface area contributed by atoms with Gasteiger partial charge in [0.2, 0.25) is 5.91 Å². The van der Waals surface area contributed by atoms with Gasteiger partial charge in [0.15, 0.2) is 0 Å². The van der Waals surface area contributed by atoms with Crippen LogP contribution in [-0.4, -0.2) is 5.91 Å². The number of aryl methyl sites for hydroxylation is 1. The Bertz CT molecular complexity index is 717. The summed E-state index contributed by atoms with van der Waals surface area (Å²) in [5.41, 5.74) is 3.12. The molecule has 0 spiro atoms. The van der Waals surface area contributed by atoms with Crippen LogP contribution in [0.15, 0.2) is 40.9 Å². The van der Waals surface area contributed by atoms with Crippen LogP contribution >= 0.6 is 39.1 Å². The second-order valence-corrected chi connectivity index (χ2v) is 6.73. The average Bonchev–Trinajstić information content (AvgIpc) is 2.46. The van der Waals surface area contributed by atoms with Crippen LogP contribution in [0.25, 0.3) is 0 Å². The molecule has 0 unspecified atom stereocenters. The first kappa shape index (κ1) is 14.9. The maximum Gasteiger partial charge on any atom is 0.227 e. The molecule has 5 heteroatoms. The SMILES string of the molecule is O=C1CCc2cc(Br)ccc2N1Cc1ccc(Cl)c(Cl)c1. The van der Waals surface area contributed by atoms with Gasteiger partial charge in [-0.1, -0.05) is 45.2 Å². The van der Waals surface area contributed by atoms with Crippen LogP contribution in [0.1, 0.15) is 17.5 Å². The summed E-state index contributed by atoms with van der Waals surface area (Å²) in [6, 6.07) is 11.5. The summed E-state index contributed by atoms with van der Waals surface area (Å²) in [5, 5.41) is 1.03. The first-order valence-electron chi connectivity index (χ1n) is 6.57. The molecule has 0 N–H and O–H groups in total. The van der Waals surface area contributed by atoms with Gasteiger partial charge in [-0.3, -0.25) is 4.79 Å². The summed E-state index contributed by atoms with van der Waals surface area (Å²) in [7, 11) is 0. The molecule has 0 saturated carbocycles. The number of carbonyl (C=O) groups is 1. The molecular formula is C16H12BrCl2NO. The second kappa shape index (κ2) is 5.99. The van der Waals surface area contributed by atoms with Crippen molar-refractivity contribution in [1.82, 2.24) is 0 Å². The molecular weight excluding hydrogens is 373 g/mol. The molecule has 0 atom stereocenters. The van der Waals surface area contributed by atoms with E-state index in [-0.39, 0.29) is 5.91 Å². The van der Waals surface area contributed by atoms with E-state index in [2.05, 4.69) is 22.0 Å². The van der Waals surface area contributed by atoms with Crippen LogP contribution < -0.4 is 4.90 Å². The molecule has 0 aromatic heterocycles. The van der Waals surface area contributed by atoms with E-state index in [4.69, 9.17) is 23.2 Å². The highest BCUT2D eigenvalue weighted by molar-refractivity contribution is 9.10. The Balaban J connectivity index is 1.94. The monoisotopic (exact) mass is 383 g/mol. The van der Waals surface area contributed by atoms with Crippen molar-refractivity contribution in [2.24, 2.45) is 0 Å². The molecule has 2 nitrogen and oxygen atoms in total. The normalized spacial score (nSPS) is 14.2. The lowest BCUT2D eigenvalue weighted by Gasteiger charge is -2.29. The maximum absolute atomic E-state index is 12.3. The van der Waals surface area contributed by atoms with Crippen molar-refractivity contribution in [2.45, 2.75) is 19.4 Å². The molecule has 21 heavy (non-hydrogen) atoms. The summed E-state index contributed by atoms with van der Waals surface area (Å²) < 4.78 is 1.03. The van der Waals surface area contributed by atoms with Crippen molar-refractivity contribution in [3.8, 4) is 0 Å². The Hall–Kier alpha value is -1.03. The van der Waals surface area contributed by atoms with Gasteiger partial charge in [0, 0.05) is 16.6 Å². The highest BCUT2D eigenvalue weighted by Gasteiger charge is 2.24. The fourth-order valence-corrected chi connectivity index (χ4v) is 3.25. The lowest BCUT2D eigenvalue weighted by molar-refractivity contribution is -0.119. The van der Waals surface area contributed by atoms with E-state index in [1.165, 1.54) is 5.56 Å². The van der Waals surface area contributed by atoms with E-state index in [1.807, 2.05) is 29.2 Å². The summed E-state index contributed by atoms with van der Waals surface area (Å²) >= 11 is 15.5. The molecule has 0 saturated heterocycles. The minimum Gasteiger partial charge on any atom is -0.308 e. The maximum atomic E-state index is 12.3. The van der Waals surface area contributed by atoms with Crippen LogP contribution in [0.4, 0.5) is 5.69 Å². The topological polar surface area (TPSA) is 20.3 Å². The standard InChI is InChI=1S/C16H12BrCl2NO/c17-12-3-5-15-11(8-12)2-6-16(21)20(15)9-10-1-4-13(18)14(19)7-10/h1,3-5,7-8H,2,6,9H2. The zero-order chi connectivity index (χ0) is 15.0. The fourth-order valence-electron chi connectivity index (χ4n) is 2.52. The molecule has 2 aromatic carbocycles. The smallest absolute Gasteiger partial charge is 0.227 e. The number of hydrogen-bond acceptors (Lipinski definition) is 1. The predicted octanol–water partition coefficient (Wildman–Crippen LogP) is 5.24. The molecule has 108 valence electrons. The molecule has 2 aromatic rings. The number of benzene rings is 2. The summed E-state index contributed by atoms with van der Waals surface area (Å²) in [6.07, 6.45) is 1.32. The van der Waals surface area contributed by atoms with Gasteiger partial charge in [0.1, 0.15) is 0 Å². The van der Waals surface area contributed by atoms with Crippen LogP contribution in [-0.2, 0) is 17.8 Å². The first-order chi connectivity index (χ1) is 10.0. The Morgan fingerprint density at radius 1 is 1.05 bits per heavy atom. The van der Waals surface area contributed by atoms with Gasteiger partial charge in [0.25, 0.3) is 0 Å². The number of hydrogen-bond donors (Lipinski definition) is 0. The number of fused-ring (bicyclic) bond motifs is 1. The third-order valence-corrected chi connectivity index (χ3v) is 4.80. The lowest BCUT2D eigenvalue weighted by Crippen LogP contribution is -2.34. The van der Waals surface area contributed by atoms with Gasteiger partial charge >= 0.3 is 0 Å². The van der Waals surface area contributed by atoms with E-state index < -0.39 is 0 Å². The van der Waals surface area contributed by atoms with Crippen LogP contribution in [0.5, 0.6) is 0 Å². The largest absolute Gasteiger partial charge is 0.308 e. The molecule has 0 radical (unpaired) electrons. The van der Waals surface area contributed by atoms with Gasteiger partial charge in [-0.25, -0.2) is 0 Å². The number of halogens is 3. The number of anilines is 1. The quantitative estimate of drug-likeness (QED) is 0.693. The predicted molar refractivity (Wildman–Crippen MR) is 90.1 cm³/mol. The second-order valence-electron chi connectivity index (χ2n) is 5.00. The minimum atomic E-state index is 0.135. The third kappa shape index (κ3) is 3.10. The van der Waals surface area contributed by atoms with Crippen LogP contribution in [0.2, 0.25) is 10.0 Å². The Morgan fingerprint density at radius 3 is 2.62 bits per heavy atom. The van der Waals surface area contributed by atoms with Crippen LogP contribution in [0, 0.1) is 0 Å². The lowest BCUT2D eigenvalue weighted by atomic mass is 10.0. The van der Waals surface area contributed by atoms with Crippen molar-refractivity contribution < 1.29 is 4.79 Å². The number of rotatable bonds is 2. The zero-order valence-electron chi connectivity index (χ0n) is 11.1. The highest BCUT2D eigenvalue weighted by atomic mass is 79.9. The van der Waals surface area contributed by atoms with Gasteiger partial charge in [-0.15, -0.1) is 0 Å². The Morgan fingerprint density at radius 2 is 1.86 bits per heavy atom. The fraction of sp³-hybridized carbons (Fsp3) is 0.188. The number of carbonyl (C=O) groups excluding carboxylic acids is 1. The molecule has 0 aliphatic carbocycles. The molecule has 1 aliphatic heterocycles. The van der Waals surface area contributed by atoms with Gasteiger partial charge in [-0.2, -0.15) is 0 Å². The first-order valence-corrected chi connectivity index (χ1v) is 8.12. The average molecular weight is 385 g/mol. The van der Waals surface area contributed by atoms with Crippen molar-refractivity contribution in [3.63, 3.8) is 0 Å². The summed E-state index contributed by atoms with van der Waals surface area (Å²) in [4.78, 5) is 14.1. The molecule has 0 bridgehead atoms. The van der Waals surface area contributed by atoms with Crippen molar-refractivity contribution in [1.29, 1.82) is 0 Å². The van der Waals surface area contributed by atoms with Crippen LogP contribution in [0.3, 0.4) is 0 Å². The summed E-state index contributed by atoms with van der Waals surface area (Å²) in [5.74, 6) is 0.135. The van der Waals surface area contributed by atoms with Crippen molar-refractivity contribution in [3.05, 3.63) is 62.0 Å². The Kier molecular flexibility index (Phi) is 4.25. The molecule has 3 rings (SSSR count). The van der Waals surface area contributed by atoms with E-state index in [1.54, 1.807) is 6.07 Å². The molecule has 1 amide bonds. The van der Waals surface area contributed by atoms with E-state index in [0.717, 1.165) is 22.1 Å². The minimum absolute atomic E-state index is 0.135. The van der Waals surface area contributed by atoms with Gasteiger partial charge < -0.3 is 4.90 Å². The molecule has 1 aliphatic rings. The summed E-state index contributed by atoms with van der Waals surface area (Å²) in [6.45, 7) is 0.504. The van der Waals surface area contributed by atoms with E-state index >= 15 is 0 Å². The van der Waals surface area contributed by atoms with Gasteiger partial charge in [0.05, 0.1) is 16.6 Å². The van der Waals surface area contributed by atoms with E-state index in [0.29, 0.717) is 23.0 Å². The van der Waals surface area contributed by atoms with Gasteiger partial charge in [-0.05, 0) is 47.9 Å². The highest BCUT2D eigenvalue weighted by Crippen LogP contribution is 2.32. The van der Waals surface area contributed by atoms with Crippen molar-refractivity contribution in [2.75, 3.05) is 4.90 Å². The third-order valence-electron chi connectivity index (χ3n) is 3.57. The molecule has 0 fully saturated rings. The Labute approximate surface area is 141 Å². The molecule has 1 heterocycles. The number of nitrogens with zero attached hydrogens (tertiary/aromatic N) is 1. The van der Waals surface area contributed by atoms with Crippen molar-refractivity contribution >= 4 is 50.7 Å². The number of amides is 1.